The number of fused-ring (bicyclic) bond motifs is 1. The number of rotatable bonds is 9. The molecule has 10 nitrogen and oxygen atoms in total. The largest absolute Gasteiger partial charge is 0.490 e. The number of likely N-dealkylation sites (N-methyl/N-ethyl adjacent to an activating group) is 1. The number of hydrogen-bond acceptors (Lipinski definition) is 7. The van der Waals surface area contributed by atoms with Crippen molar-refractivity contribution in [3.8, 4) is 5.75 Å². The molecule has 4 rings (SSSR count). The van der Waals surface area contributed by atoms with E-state index in [2.05, 4.69) is 5.32 Å². The first kappa shape index (κ1) is 36.1. The van der Waals surface area contributed by atoms with E-state index in [1.807, 2.05) is 44.2 Å². The van der Waals surface area contributed by atoms with Crippen LogP contribution in [0.2, 0.25) is 0 Å². The Morgan fingerprint density at radius 1 is 1.04 bits per heavy atom. The molecule has 254 valence electrons. The van der Waals surface area contributed by atoms with E-state index < -0.39 is 22.2 Å². The fourth-order valence-corrected chi connectivity index (χ4v) is 6.78. The van der Waals surface area contributed by atoms with Crippen molar-refractivity contribution in [3.05, 3.63) is 90.0 Å². The Morgan fingerprint density at radius 3 is 2.40 bits per heavy atom. The number of sulfonamides is 1. The number of ether oxygens (including phenoxy) is 2. The summed E-state index contributed by atoms with van der Waals surface area (Å²) < 4.78 is 40.6. The second-order valence-electron chi connectivity index (χ2n) is 12.3. The zero-order valence-electron chi connectivity index (χ0n) is 27.7. The van der Waals surface area contributed by atoms with Gasteiger partial charge in [-0.05, 0) is 69.0 Å². The Bertz CT molecular complexity index is 1570. The SMILES string of the molecule is C[C@@H]1CCCCO[C@@H](CN(C)S(=O)(=O)c2ccccc2)[C@H](C)CN([C@@H](C)CO)C(=O)c2cc(NC(=O)Cc3ccccc3)ccc2O1. The third-order valence-corrected chi connectivity index (χ3v) is 10.3. The summed E-state index contributed by atoms with van der Waals surface area (Å²) in [6.45, 7) is 6.03. The van der Waals surface area contributed by atoms with Crippen molar-refractivity contribution in [3.63, 3.8) is 0 Å². The van der Waals surface area contributed by atoms with Crippen molar-refractivity contribution in [1.82, 2.24) is 9.21 Å². The average Bonchev–Trinajstić information content (AvgIpc) is 3.06. The molecule has 0 aromatic heterocycles. The first-order chi connectivity index (χ1) is 22.5. The third kappa shape index (κ3) is 9.87. The van der Waals surface area contributed by atoms with Crippen LogP contribution in [0.1, 0.15) is 56.0 Å². The molecule has 0 radical (unpaired) electrons. The summed E-state index contributed by atoms with van der Waals surface area (Å²) in [4.78, 5) is 29.0. The number of carbonyl (C=O) groups excluding carboxylic acids is 2. The van der Waals surface area contributed by atoms with Gasteiger partial charge < -0.3 is 24.8 Å². The fraction of sp³-hybridized carbons (Fsp3) is 0.444. The van der Waals surface area contributed by atoms with Gasteiger partial charge in [-0.3, -0.25) is 9.59 Å². The molecule has 11 heteroatoms. The van der Waals surface area contributed by atoms with Crippen LogP contribution in [0.5, 0.6) is 5.75 Å². The molecule has 3 aromatic carbocycles. The maximum Gasteiger partial charge on any atom is 0.258 e. The number of hydrogen-bond donors (Lipinski definition) is 2. The number of amides is 2. The van der Waals surface area contributed by atoms with Gasteiger partial charge in [-0.25, -0.2) is 8.42 Å². The summed E-state index contributed by atoms with van der Waals surface area (Å²) in [5.74, 6) is -0.505. The Labute approximate surface area is 278 Å². The first-order valence-electron chi connectivity index (χ1n) is 16.2. The number of carbonyl (C=O) groups is 2. The Balaban J connectivity index is 1.63. The molecular formula is C36H47N3O7S. The maximum absolute atomic E-state index is 14.3. The van der Waals surface area contributed by atoms with Gasteiger partial charge in [-0.1, -0.05) is 55.5 Å². The molecule has 3 aromatic rings. The summed E-state index contributed by atoms with van der Waals surface area (Å²) in [6, 6.07) is 22.1. The van der Waals surface area contributed by atoms with Crippen LogP contribution in [0.4, 0.5) is 5.69 Å². The van der Waals surface area contributed by atoms with Gasteiger partial charge >= 0.3 is 0 Å². The molecule has 2 N–H and O–H groups in total. The maximum atomic E-state index is 14.3. The minimum Gasteiger partial charge on any atom is -0.490 e. The van der Waals surface area contributed by atoms with Gasteiger partial charge in [-0.2, -0.15) is 4.31 Å². The summed E-state index contributed by atoms with van der Waals surface area (Å²) in [7, 11) is -2.23. The van der Waals surface area contributed by atoms with E-state index in [9.17, 15) is 23.1 Å². The Morgan fingerprint density at radius 2 is 1.72 bits per heavy atom. The normalized spacial score (nSPS) is 20.5. The lowest BCUT2D eigenvalue weighted by Crippen LogP contribution is -2.48. The molecule has 1 aliphatic heterocycles. The molecule has 1 heterocycles. The van der Waals surface area contributed by atoms with Gasteiger partial charge in [0.05, 0.1) is 41.7 Å². The minimum atomic E-state index is -3.77. The summed E-state index contributed by atoms with van der Waals surface area (Å²) in [5, 5.41) is 13.1. The third-order valence-electron chi connectivity index (χ3n) is 8.43. The summed E-state index contributed by atoms with van der Waals surface area (Å²) in [5.41, 5.74) is 1.58. The molecule has 2 amide bonds. The topological polar surface area (TPSA) is 125 Å². The predicted octanol–water partition coefficient (Wildman–Crippen LogP) is 4.98. The monoisotopic (exact) mass is 665 g/mol. The summed E-state index contributed by atoms with van der Waals surface area (Å²) in [6.07, 6.45) is 1.72. The van der Waals surface area contributed by atoms with Crippen LogP contribution in [-0.4, -0.2) is 86.1 Å². The van der Waals surface area contributed by atoms with Crippen LogP contribution in [0.25, 0.3) is 0 Å². The Hall–Kier alpha value is -3.77. The Kier molecular flexibility index (Phi) is 12.9. The number of aliphatic hydroxyl groups is 1. The van der Waals surface area contributed by atoms with Gasteiger partial charge in [0, 0.05) is 38.3 Å². The van der Waals surface area contributed by atoms with Gasteiger partial charge in [0.25, 0.3) is 5.91 Å². The number of nitrogens with zero attached hydrogens (tertiary/aromatic N) is 2. The van der Waals surface area contributed by atoms with E-state index in [1.165, 1.54) is 11.4 Å². The minimum absolute atomic E-state index is 0.0849. The number of benzene rings is 3. The second-order valence-corrected chi connectivity index (χ2v) is 14.4. The highest BCUT2D eigenvalue weighted by molar-refractivity contribution is 7.89. The highest BCUT2D eigenvalue weighted by atomic mass is 32.2. The second kappa shape index (κ2) is 16.9. The van der Waals surface area contributed by atoms with Crippen molar-refractivity contribution in [2.75, 3.05) is 38.7 Å². The van der Waals surface area contributed by atoms with E-state index in [0.29, 0.717) is 24.5 Å². The molecule has 4 atom stereocenters. The zero-order valence-corrected chi connectivity index (χ0v) is 28.5. The molecular weight excluding hydrogens is 618 g/mol. The molecule has 0 unspecified atom stereocenters. The van der Waals surface area contributed by atoms with Crippen LogP contribution < -0.4 is 10.1 Å². The van der Waals surface area contributed by atoms with E-state index >= 15 is 0 Å². The lowest BCUT2D eigenvalue weighted by atomic mass is 10.0. The lowest BCUT2D eigenvalue weighted by Gasteiger charge is -2.35. The molecule has 0 spiro atoms. The van der Waals surface area contributed by atoms with Gasteiger partial charge in [-0.15, -0.1) is 0 Å². The number of anilines is 1. The van der Waals surface area contributed by atoms with Gasteiger partial charge in [0.15, 0.2) is 0 Å². The van der Waals surface area contributed by atoms with E-state index in [1.54, 1.807) is 60.4 Å². The smallest absolute Gasteiger partial charge is 0.258 e. The molecule has 47 heavy (non-hydrogen) atoms. The van der Waals surface area contributed by atoms with Crippen molar-refractivity contribution in [2.24, 2.45) is 5.92 Å². The van der Waals surface area contributed by atoms with Crippen LogP contribution in [0.3, 0.4) is 0 Å². The summed E-state index contributed by atoms with van der Waals surface area (Å²) >= 11 is 0. The highest BCUT2D eigenvalue weighted by Crippen LogP contribution is 2.29. The predicted molar refractivity (Wildman–Crippen MR) is 182 cm³/mol. The highest BCUT2D eigenvalue weighted by Gasteiger charge is 2.32. The van der Waals surface area contributed by atoms with Crippen LogP contribution in [0, 0.1) is 5.92 Å². The zero-order chi connectivity index (χ0) is 34.0. The molecule has 0 bridgehead atoms. The van der Waals surface area contributed by atoms with Crippen molar-refractivity contribution in [1.29, 1.82) is 0 Å². The van der Waals surface area contributed by atoms with E-state index in [4.69, 9.17) is 9.47 Å². The first-order valence-corrected chi connectivity index (χ1v) is 17.6. The average molecular weight is 666 g/mol. The molecule has 0 saturated heterocycles. The van der Waals surface area contributed by atoms with Gasteiger partial charge in [0.2, 0.25) is 15.9 Å². The standard InChI is InChI=1S/C36H47N3O7S/c1-26-23-39(27(2)25-40)36(42)32-22-30(37-35(41)21-29-14-7-5-8-15-29)18-19-33(32)46-28(3)13-11-12-20-45-34(26)24-38(4)47(43,44)31-16-9-6-10-17-31/h5-10,14-19,22,26-28,34,40H,11-13,20-21,23-25H2,1-4H3,(H,37,41)/t26-,27+,28-,34+/m1/s1. The van der Waals surface area contributed by atoms with Gasteiger partial charge in [0.1, 0.15) is 5.75 Å². The molecule has 0 saturated carbocycles. The fourth-order valence-electron chi connectivity index (χ4n) is 5.57. The number of aliphatic hydroxyl groups excluding tert-OH is 1. The molecule has 0 fully saturated rings. The lowest BCUT2D eigenvalue weighted by molar-refractivity contribution is -0.115. The van der Waals surface area contributed by atoms with Crippen LogP contribution in [0.15, 0.2) is 83.8 Å². The molecule has 1 aliphatic rings. The van der Waals surface area contributed by atoms with E-state index in [-0.39, 0.29) is 60.4 Å². The van der Waals surface area contributed by atoms with Crippen molar-refractivity contribution < 1.29 is 32.6 Å². The van der Waals surface area contributed by atoms with E-state index in [0.717, 1.165) is 18.4 Å². The van der Waals surface area contributed by atoms with Crippen LogP contribution >= 0.6 is 0 Å². The number of nitrogens with one attached hydrogen (secondary N) is 1. The van der Waals surface area contributed by atoms with Crippen LogP contribution in [-0.2, 0) is 26.0 Å². The van der Waals surface area contributed by atoms with Crippen molar-refractivity contribution >= 4 is 27.5 Å². The van der Waals surface area contributed by atoms with Crippen molar-refractivity contribution in [2.45, 2.75) is 69.6 Å². The quantitative estimate of drug-likeness (QED) is 0.330. The molecule has 0 aliphatic carbocycles.